The Bertz CT molecular complexity index is 539. The van der Waals surface area contributed by atoms with Crippen molar-refractivity contribution in [3.63, 3.8) is 0 Å². The maximum absolute atomic E-state index is 12.3. The van der Waals surface area contributed by atoms with E-state index in [1.165, 1.54) is 12.8 Å². The van der Waals surface area contributed by atoms with Gasteiger partial charge in [0.15, 0.2) is 0 Å². The molecule has 2 N–H and O–H groups in total. The summed E-state index contributed by atoms with van der Waals surface area (Å²) >= 11 is 0. The monoisotopic (exact) mass is 285 g/mol. The predicted molar refractivity (Wildman–Crippen MR) is 83.8 cm³/mol. The summed E-state index contributed by atoms with van der Waals surface area (Å²) in [5.74, 6) is 6.60. The molecule has 3 atom stereocenters. The Hall–Kier alpha value is -1.79. The Morgan fingerprint density at radius 1 is 1.29 bits per heavy atom. The van der Waals surface area contributed by atoms with Gasteiger partial charge in [-0.1, -0.05) is 38.5 Å². The van der Waals surface area contributed by atoms with Crippen LogP contribution in [0.3, 0.4) is 0 Å². The molecule has 1 saturated carbocycles. The SMILES string of the molecule is CC1CCCC(NC(=O)c2ccc(C#CCO)cc2)C1C. The first-order valence-corrected chi connectivity index (χ1v) is 7.62. The maximum Gasteiger partial charge on any atom is 0.251 e. The van der Waals surface area contributed by atoms with E-state index in [-0.39, 0.29) is 18.6 Å². The van der Waals surface area contributed by atoms with E-state index in [4.69, 9.17) is 5.11 Å². The van der Waals surface area contributed by atoms with Crippen LogP contribution >= 0.6 is 0 Å². The molecule has 3 heteroatoms. The van der Waals surface area contributed by atoms with Crippen LogP contribution in [0.15, 0.2) is 24.3 Å². The standard InChI is InChI=1S/C18H23NO2/c1-13-5-3-7-17(14(13)2)19-18(21)16-10-8-15(9-11-16)6-4-12-20/h8-11,13-14,17,20H,3,5,7,12H2,1-2H3,(H,19,21). The molecule has 1 aromatic carbocycles. The molecule has 0 aliphatic heterocycles. The van der Waals surface area contributed by atoms with Gasteiger partial charge < -0.3 is 10.4 Å². The van der Waals surface area contributed by atoms with Crippen LogP contribution in [0.5, 0.6) is 0 Å². The lowest BCUT2D eigenvalue weighted by Gasteiger charge is -2.34. The van der Waals surface area contributed by atoms with Crippen LogP contribution < -0.4 is 5.32 Å². The molecule has 0 aromatic heterocycles. The summed E-state index contributed by atoms with van der Waals surface area (Å²) in [4.78, 5) is 12.3. The Labute approximate surface area is 126 Å². The zero-order chi connectivity index (χ0) is 15.2. The fourth-order valence-electron chi connectivity index (χ4n) is 2.88. The zero-order valence-corrected chi connectivity index (χ0v) is 12.7. The van der Waals surface area contributed by atoms with Gasteiger partial charge in [0.2, 0.25) is 0 Å². The Kier molecular flexibility index (Phi) is 5.41. The van der Waals surface area contributed by atoms with Gasteiger partial charge in [0, 0.05) is 17.2 Å². The first-order valence-electron chi connectivity index (χ1n) is 7.62. The largest absolute Gasteiger partial charge is 0.384 e. The molecule has 3 nitrogen and oxygen atoms in total. The highest BCUT2D eigenvalue weighted by molar-refractivity contribution is 5.94. The third kappa shape index (κ3) is 4.09. The molecular formula is C18H23NO2. The van der Waals surface area contributed by atoms with Gasteiger partial charge in [-0.05, 0) is 42.5 Å². The minimum absolute atomic E-state index is 0.0115. The summed E-state index contributed by atoms with van der Waals surface area (Å²) < 4.78 is 0. The van der Waals surface area contributed by atoms with Crippen LogP contribution in [0.2, 0.25) is 0 Å². The van der Waals surface area contributed by atoms with Gasteiger partial charge in [0.05, 0.1) is 0 Å². The van der Waals surface area contributed by atoms with Crippen LogP contribution in [0.4, 0.5) is 0 Å². The summed E-state index contributed by atoms with van der Waals surface area (Å²) in [6.07, 6.45) is 3.51. The molecule has 0 spiro atoms. The Morgan fingerprint density at radius 3 is 2.67 bits per heavy atom. The summed E-state index contributed by atoms with van der Waals surface area (Å²) in [5, 5.41) is 11.8. The molecule has 0 saturated heterocycles. The van der Waals surface area contributed by atoms with E-state index < -0.39 is 0 Å². The third-order valence-corrected chi connectivity index (χ3v) is 4.48. The molecule has 0 bridgehead atoms. The number of aliphatic hydroxyl groups excluding tert-OH is 1. The van der Waals surface area contributed by atoms with E-state index in [0.717, 1.165) is 12.0 Å². The van der Waals surface area contributed by atoms with Crippen LogP contribution in [0.25, 0.3) is 0 Å². The minimum Gasteiger partial charge on any atom is -0.384 e. The van der Waals surface area contributed by atoms with Crippen molar-refractivity contribution in [2.24, 2.45) is 11.8 Å². The number of carbonyl (C=O) groups excluding carboxylic acids is 1. The number of nitrogens with one attached hydrogen (secondary N) is 1. The molecule has 21 heavy (non-hydrogen) atoms. The summed E-state index contributed by atoms with van der Waals surface area (Å²) in [5.41, 5.74) is 1.47. The van der Waals surface area contributed by atoms with Crippen molar-refractivity contribution in [3.05, 3.63) is 35.4 Å². The van der Waals surface area contributed by atoms with Crippen molar-refractivity contribution in [1.82, 2.24) is 5.32 Å². The number of benzene rings is 1. The number of hydrogen-bond donors (Lipinski definition) is 2. The quantitative estimate of drug-likeness (QED) is 0.821. The van der Waals surface area contributed by atoms with Gasteiger partial charge in [-0.3, -0.25) is 4.79 Å². The van der Waals surface area contributed by atoms with Gasteiger partial charge >= 0.3 is 0 Å². The molecule has 3 unspecified atom stereocenters. The van der Waals surface area contributed by atoms with E-state index >= 15 is 0 Å². The lowest BCUT2D eigenvalue weighted by atomic mass is 9.78. The Morgan fingerprint density at radius 2 is 2.00 bits per heavy atom. The van der Waals surface area contributed by atoms with Crippen molar-refractivity contribution in [2.45, 2.75) is 39.2 Å². The van der Waals surface area contributed by atoms with Gasteiger partial charge in [-0.15, -0.1) is 0 Å². The summed E-state index contributed by atoms with van der Waals surface area (Å²) in [6, 6.07) is 7.46. The molecular weight excluding hydrogens is 262 g/mol. The first-order chi connectivity index (χ1) is 10.1. The van der Waals surface area contributed by atoms with Crippen LogP contribution in [0.1, 0.15) is 49.0 Å². The highest BCUT2D eigenvalue weighted by Crippen LogP contribution is 2.29. The van der Waals surface area contributed by atoms with Crippen LogP contribution in [0, 0.1) is 23.7 Å². The van der Waals surface area contributed by atoms with Crippen molar-refractivity contribution in [2.75, 3.05) is 6.61 Å². The molecule has 1 fully saturated rings. The molecule has 1 amide bonds. The van der Waals surface area contributed by atoms with E-state index in [1.807, 2.05) is 12.1 Å². The highest BCUT2D eigenvalue weighted by Gasteiger charge is 2.28. The van der Waals surface area contributed by atoms with E-state index in [9.17, 15) is 4.79 Å². The second kappa shape index (κ2) is 7.28. The normalized spacial score (nSPS) is 24.8. The van der Waals surface area contributed by atoms with Crippen molar-refractivity contribution in [1.29, 1.82) is 0 Å². The number of hydrogen-bond acceptors (Lipinski definition) is 2. The molecule has 1 aliphatic rings. The van der Waals surface area contributed by atoms with Gasteiger partial charge in [0.1, 0.15) is 6.61 Å². The van der Waals surface area contributed by atoms with Gasteiger partial charge in [-0.2, -0.15) is 0 Å². The second-order valence-electron chi connectivity index (χ2n) is 5.88. The average molecular weight is 285 g/mol. The Balaban J connectivity index is 2.00. The zero-order valence-electron chi connectivity index (χ0n) is 12.7. The smallest absolute Gasteiger partial charge is 0.251 e. The first kappa shape index (κ1) is 15.6. The highest BCUT2D eigenvalue weighted by atomic mass is 16.2. The fourth-order valence-corrected chi connectivity index (χ4v) is 2.88. The third-order valence-electron chi connectivity index (χ3n) is 4.48. The molecule has 1 aromatic rings. The minimum atomic E-state index is -0.153. The molecule has 2 rings (SSSR count). The number of rotatable bonds is 2. The van der Waals surface area contributed by atoms with E-state index in [0.29, 0.717) is 17.4 Å². The van der Waals surface area contributed by atoms with E-state index in [1.54, 1.807) is 12.1 Å². The lowest BCUT2D eigenvalue weighted by molar-refractivity contribution is 0.0891. The molecule has 1 aliphatic carbocycles. The number of carbonyl (C=O) groups is 1. The van der Waals surface area contributed by atoms with Crippen LogP contribution in [-0.4, -0.2) is 23.7 Å². The van der Waals surface area contributed by atoms with Crippen molar-refractivity contribution in [3.8, 4) is 11.8 Å². The summed E-state index contributed by atoms with van der Waals surface area (Å²) in [6.45, 7) is 4.33. The molecule has 112 valence electrons. The van der Waals surface area contributed by atoms with Crippen molar-refractivity contribution < 1.29 is 9.90 Å². The second-order valence-corrected chi connectivity index (χ2v) is 5.88. The fraction of sp³-hybridized carbons (Fsp3) is 0.500. The predicted octanol–water partition coefficient (Wildman–Crippen LogP) is 2.58. The van der Waals surface area contributed by atoms with Gasteiger partial charge in [0.25, 0.3) is 5.91 Å². The number of amides is 1. The lowest BCUT2D eigenvalue weighted by Crippen LogP contribution is -2.43. The topological polar surface area (TPSA) is 49.3 Å². The maximum atomic E-state index is 12.3. The number of aliphatic hydroxyl groups is 1. The molecule has 0 heterocycles. The van der Waals surface area contributed by atoms with Crippen LogP contribution in [-0.2, 0) is 0 Å². The van der Waals surface area contributed by atoms with Crippen molar-refractivity contribution >= 4 is 5.91 Å². The van der Waals surface area contributed by atoms with Gasteiger partial charge in [-0.25, -0.2) is 0 Å². The van der Waals surface area contributed by atoms with E-state index in [2.05, 4.69) is 31.0 Å². The molecule has 0 radical (unpaired) electrons. The summed E-state index contributed by atoms with van der Waals surface area (Å²) in [7, 11) is 0. The average Bonchev–Trinajstić information content (AvgIpc) is 2.50.